The lowest BCUT2D eigenvalue weighted by atomic mass is 10.1. The van der Waals surface area contributed by atoms with Crippen molar-refractivity contribution in [2.75, 3.05) is 6.54 Å². The van der Waals surface area contributed by atoms with Crippen molar-refractivity contribution in [1.82, 2.24) is 5.32 Å². The summed E-state index contributed by atoms with van der Waals surface area (Å²) in [6, 6.07) is 8.10. The van der Waals surface area contributed by atoms with Gasteiger partial charge in [-0.05, 0) is 33.3 Å². The average Bonchev–Trinajstić information content (AvgIpc) is 2.27. The van der Waals surface area contributed by atoms with E-state index in [2.05, 4.69) is 11.9 Å². The molecule has 0 unspecified atom stereocenters. The van der Waals surface area contributed by atoms with Crippen molar-refractivity contribution in [1.29, 1.82) is 0 Å². The van der Waals surface area contributed by atoms with Gasteiger partial charge in [0.05, 0.1) is 6.42 Å². The SMILES string of the molecule is C=C(NCCC(=O)OC(C)(C)C)c1ccc(C)cc1. The lowest BCUT2D eigenvalue weighted by Crippen LogP contribution is -2.26. The molecule has 3 heteroatoms. The van der Waals surface area contributed by atoms with E-state index < -0.39 is 5.60 Å². The minimum atomic E-state index is -0.426. The van der Waals surface area contributed by atoms with E-state index in [1.54, 1.807) is 0 Å². The van der Waals surface area contributed by atoms with Gasteiger partial charge < -0.3 is 10.1 Å². The molecule has 0 saturated heterocycles. The van der Waals surface area contributed by atoms with Crippen LogP contribution >= 0.6 is 0 Å². The van der Waals surface area contributed by atoms with Crippen LogP contribution in [0.3, 0.4) is 0 Å². The van der Waals surface area contributed by atoms with E-state index >= 15 is 0 Å². The molecule has 1 N–H and O–H groups in total. The smallest absolute Gasteiger partial charge is 0.308 e. The number of hydrogen-bond donors (Lipinski definition) is 1. The molecule has 104 valence electrons. The molecule has 0 spiro atoms. The van der Waals surface area contributed by atoms with Gasteiger partial charge in [0.25, 0.3) is 0 Å². The molecule has 0 aliphatic heterocycles. The van der Waals surface area contributed by atoms with Crippen LogP contribution in [-0.2, 0) is 9.53 Å². The zero-order chi connectivity index (χ0) is 14.5. The van der Waals surface area contributed by atoms with Crippen LogP contribution in [0.5, 0.6) is 0 Å². The molecular formula is C16H23NO2. The van der Waals surface area contributed by atoms with Gasteiger partial charge in [0.2, 0.25) is 0 Å². The lowest BCUT2D eigenvalue weighted by Gasteiger charge is -2.19. The number of nitrogens with one attached hydrogen (secondary N) is 1. The molecule has 19 heavy (non-hydrogen) atoms. The average molecular weight is 261 g/mol. The Hall–Kier alpha value is -1.77. The first kappa shape index (κ1) is 15.3. The third-order valence-electron chi connectivity index (χ3n) is 2.49. The van der Waals surface area contributed by atoms with Crippen LogP contribution in [0.25, 0.3) is 5.70 Å². The zero-order valence-electron chi connectivity index (χ0n) is 12.2. The van der Waals surface area contributed by atoms with E-state index in [0.29, 0.717) is 13.0 Å². The van der Waals surface area contributed by atoms with Gasteiger partial charge in [0.1, 0.15) is 5.60 Å². The van der Waals surface area contributed by atoms with Gasteiger partial charge in [-0.25, -0.2) is 0 Å². The van der Waals surface area contributed by atoms with Gasteiger partial charge in [-0.1, -0.05) is 36.4 Å². The van der Waals surface area contributed by atoms with Gasteiger partial charge >= 0.3 is 5.97 Å². The second-order valence-electron chi connectivity index (χ2n) is 5.61. The summed E-state index contributed by atoms with van der Waals surface area (Å²) in [4.78, 5) is 11.5. The Morgan fingerprint density at radius 2 is 1.84 bits per heavy atom. The van der Waals surface area contributed by atoms with Crippen molar-refractivity contribution in [2.24, 2.45) is 0 Å². The Balaban J connectivity index is 2.35. The van der Waals surface area contributed by atoms with Crippen molar-refractivity contribution >= 4 is 11.7 Å². The van der Waals surface area contributed by atoms with Crippen molar-refractivity contribution in [3.63, 3.8) is 0 Å². The highest BCUT2D eigenvalue weighted by atomic mass is 16.6. The predicted octanol–water partition coefficient (Wildman–Crippen LogP) is 3.29. The topological polar surface area (TPSA) is 38.3 Å². The summed E-state index contributed by atoms with van der Waals surface area (Å²) in [6.45, 7) is 12.1. The molecule has 1 aromatic carbocycles. The minimum absolute atomic E-state index is 0.197. The monoisotopic (exact) mass is 261 g/mol. The molecule has 0 saturated carbocycles. The lowest BCUT2D eigenvalue weighted by molar-refractivity contribution is -0.154. The van der Waals surface area contributed by atoms with Gasteiger partial charge in [0, 0.05) is 12.2 Å². The van der Waals surface area contributed by atoms with Crippen LogP contribution in [-0.4, -0.2) is 18.1 Å². The van der Waals surface area contributed by atoms with Crippen LogP contribution < -0.4 is 5.32 Å². The van der Waals surface area contributed by atoms with Crippen LogP contribution in [0.2, 0.25) is 0 Å². The Labute approximate surface area is 115 Å². The maximum atomic E-state index is 11.5. The van der Waals surface area contributed by atoms with Crippen LogP contribution in [0.1, 0.15) is 38.3 Å². The second kappa shape index (κ2) is 6.41. The van der Waals surface area contributed by atoms with Crippen LogP contribution in [0, 0.1) is 6.92 Å². The fourth-order valence-corrected chi connectivity index (χ4v) is 1.56. The summed E-state index contributed by atoms with van der Waals surface area (Å²) in [5, 5.41) is 3.14. The highest BCUT2D eigenvalue weighted by molar-refractivity contribution is 5.70. The maximum Gasteiger partial charge on any atom is 0.308 e. The summed E-state index contributed by atoms with van der Waals surface area (Å²) >= 11 is 0. The molecule has 0 amide bonds. The predicted molar refractivity (Wildman–Crippen MR) is 78.7 cm³/mol. The van der Waals surface area contributed by atoms with Gasteiger partial charge in [-0.15, -0.1) is 0 Å². The Morgan fingerprint density at radius 3 is 2.37 bits per heavy atom. The number of benzene rings is 1. The molecule has 0 heterocycles. The molecule has 0 fully saturated rings. The summed E-state index contributed by atoms with van der Waals surface area (Å²) in [7, 11) is 0. The summed E-state index contributed by atoms with van der Waals surface area (Å²) in [5.41, 5.74) is 2.65. The van der Waals surface area contributed by atoms with Gasteiger partial charge in [-0.3, -0.25) is 4.79 Å². The van der Waals surface area contributed by atoms with Crippen molar-refractivity contribution in [2.45, 2.75) is 39.7 Å². The van der Waals surface area contributed by atoms with E-state index in [4.69, 9.17) is 4.74 Å². The van der Waals surface area contributed by atoms with Crippen molar-refractivity contribution < 1.29 is 9.53 Å². The third kappa shape index (κ3) is 6.09. The van der Waals surface area contributed by atoms with E-state index in [1.165, 1.54) is 5.56 Å². The standard InChI is InChI=1S/C16H23NO2/c1-12-6-8-14(9-7-12)13(2)17-11-10-15(18)19-16(3,4)5/h6-9,17H,2,10-11H2,1,3-5H3. The number of ether oxygens (including phenoxy) is 1. The third-order valence-corrected chi connectivity index (χ3v) is 2.49. The molecule has 1 rings (SSSR count). The fourth-order valence-electron chi connectivity index (χ4n) is 1.56. The summed E-state index contributed by atoms with van der Waals surface area (Å²) < 4.78 is 5.23. The van der Waals surface area contributed by atoms with E-state index in [1.807, 2.05) is 52.0 Å². The number of rotatable bonds is 5. The van der Waals surface area contributed by atoms with Gasteiger partial charge in [0.15, 0.2) is 0 Å². The fraction of sp³-hybridized carbons (Fsp3) is 0.438. The zero-order valence-corrected chi connectivity index (χ0v) is 12.2. The number of hydrogen-bond acceptors (Lipinski definition) is 3. The molecule has 0 aromatic heterocycles. The Kier molecular flexibility index (Phi) is 5.16. The molecule has 1 aromatic rings. The number of aryl methyl sites for hydroxylation is 1. The molecule has 3 nitrogen and oxygen atoms in total. The highest BCUT2D eigenvalue weighted by Gasteiger charge is 2.15. The van der Waals surface area contributed by atoms with Crippen LogP contribution in [0.4, 0.5) is 0 Å². The quantitative estimate of drug-likeness (QED) is 0.827. The van der Waals surface area contributed by atoms with Crippen molar-refractivity contribution in [3.05, 3.63) is 42.0 Å². The first-order chi connectivity index (χ1) is 8.78. The normalized spacial score (nSPS) is 10.9. The Bertz CT molecular complexity index is 441. The summed E-state index contributed by atoms with van der Waals surface area (Å²) in [6.07, 6.45) is 0.335. The summed E-state index contributed by atoms with van der Waals surface area (Å²) in [5.74, 6) is -0.197. The molecule has 0 aliphatic carbocycles. The van der Waals surface area contributed by atoms with Gasteiger partial charge in [-0.2, -0.15) is 0 Å². The maximum absolute atomic E-state index is 11.5. The van der Waals surface area contributed by atoms with Crippen molar-refractivity contribution in [3.8, 4) is 0 Å². The molecule has 0 aliphatic rings. The molecule has 0 atom stereocenters. The minimum Gasteiger partial charge on any atom is -0.460 e. The molecular weight excluding hydrogens is 238 g/mol. The number of esters is 1. The molecule has 0 bridgehead atoms. The Morgan fingerprint density at radius 1 is 1.26 bits per heavy atom. The number of carbonyl (C=O) groups is 1. The highest BCUT2D eigenvalue weighted by Crippen LogP contribution is 2.11. The number of carbonyl (C=O) groups excluding carboxylic acids is 1. The van der Waals surface area contributed by atoms with Crippen LogP contribution in [0.15, 0.2) is 30.8 Å². The van der Waals surface area contributed by atoms with E-state index in [-0.39, 0.29) is 5.97 Å². The first-order valence-corrected chi connectivity index (χ1v) is 6.49. The van der Waals surface area contributed by atoms with E-state index in [9.17, 15) is 4.79 Å². The first-order valence-electron chi connectivity index (χ1n) is 6.49. The largest absolute Gasteiger partial charge is 0.460 e. The van der Waals surface area contributed by atoms with E-state index in [0.717, 1.165) is 11.3 Å². The second-order valence-corrected chi connectivity index (χ2v) is 5.61. The molecule has 0 radical (unpaired) electrons.